The molecule has 0 aliphatic rings. The van der Waals surface area contributed by atoms with Crippen molar-refractivity contribution in [3.8, 4) is 0 Å². The van der Waals surface area contributed by atoms with Crippen molar-refractivity contribution in [2.45, 2.75) is 19.8 Å². The second-order valence-corrected chi connectivity index (χ2v) is 3.71. The minimum absolute atomic E-state index is 0.114. The number of benzene rings is 1. The maximum absolute atomic E-state index is 11.2. The standard InChI is InChI=1S/C14H16O4/c1-2-18-14(17)13(16)10-12(15)9-8-11-6-4-3-5-7-11/h3-7,10,15H,2,8-9H2,1H3. The molecule has 1 aromatic carbocycles. The van der Waals surface area contributed by atoms with Crippen LogP contribution in [0.5, 0.6) is 0 Å². The molecule has 0 unspecified atom stereocenters. The molecular formula is C14H16O4. The van der Waals surface area contributed by atoms with Gasteiger partial charge in [0.05, 0.1) is 12.4 Å². The van der Waals surface area contributed by atoms with E-state index < -0.39 is 11.8 Å². The van der Waals surface area contributed by atoms with E-state index in [-0.39, 0.29) is 12.4 Å². The maximum Gasteiger partial charge on any atom is 0.379 e. The van der Waals surface area contributed by atoms with Crippen LogP contribution in [-0.2, 0) is 20.7 Å². The van der Waals surface area contributed by atoms with Gasteiger partial charge in [-0.3, -0.25) is 4.79 Å². The lowest BCUT2D eigenvalue weighted by Crippen LogP contribution is -2.15. The fraction of sp³-hybridized carbons (Fsp3) is 0.286. The summed E-state index contributed by atoms with van der Waals surface area (Å²) in [7, 11) is 0. The zero-order valence-electron chi connectivity index (χ0n) is 10.3. The van der Waals surface area contributed by atoms with Gasteiger partial charge in [0.15, 0.2) is 0 Å². The van der Waals surface area contributed by atoms with Crippen LogP contribution in [-0.4, -0.2) is 23.5 Å². The zero-order valence-corrected chi connectivity index (χ0v) is 10.3. The molecule has 4 heteroatoms. The van der Waals surface area contributed by atoms with Crippen molar-refractivity contribution in [3.63, 3.8) is 0 Å². The van der Waals surface area contributed by atoms with Gasteiger partial charge in [-0.15, -0.1) is 0 Å². The molecule has 0 saturated carbocycles. The highest BCUT2D eigenvalue weighted by molar-refractivity contribution is 6.38. The molecule has 18 heavy (non-hydrogen) atoms. The smallest absolute Gasteiger partial charge is 0.379 e. The molecule has 0 fully saturated rings. The third kappa shape index (κ3) is 4.82. The van der Waals surface area contributed by atoms with E-state index in [9.17, 15) is 14.7 Å². The van der Waals surface area contributed by atoms with Crippen LogP contribution in [0.2, 0.25) is 0 Å². The zero-order chi connectivity index (χ0) is 13.4. The van der Waals surface area contributed by atoms with Gasteiger partial charge >= 0.3 is 5.97 Å². The molecular weight excluding hydrogens is 232 g/mol. The highest BCUT2D eigenvalue weighted by atomic mass is 16.5. The van der Waals surface area contributed by atoms with Gasteiger partial charge in [0.1, 0.15) is 0 Å². The van der Waals surface area contributed by atoms with Gasteiger partial charge in [-0.05, 0) is 18.9 Å². The number of allylic oxidation sites excluding steroid dienone is 1. The first-order valence-corrected chi connectivity index (χ1v) is 5.78. The first kappa shape index (κ1) is 14.0. The van der Waals surface area contributed by atoms with E-state index in [1.165, 1.54) is 0 Å². The van der Waals surface area contributed by atoms with Crippen LogP contribution < -0.4 is 0 Å². The molecule has 0 atom stereocenters. The number of esters is 1. The van der Waals surface area contributed by atoms with Crippen molar-refractivity contribution in [3.05, 3.63) is 47.7 Å². The number of carbonyl (C=O) groups is 2. The molecule has 0 heterocycles. The van der Waals surface area contributed by atoms with Crippen LogP contribution in [0.4, 0.5) is 0 Å². The van der Waals surface area contributed by atoms with E-state index in [0.29, 0.717) is 12.8 Å². The predicted molar refractivity (Wildman–Crippen MR) is 67.1 cm³/mol. The Kier molecular flexibility index (Phi) is 5.64. The maximum atomic E-state index is 11.2. The summed E-state index contributed by atoms with van der Waals surface area (Å²) in [4.78, 5) is 22.3. The summed E-state index contributed by atoms with van der Waals surface area (Å²) in [5.74, 6) is -1.89. The normalized spacial score (nSPS) is 11.1. The second-order valence-electron chi connectivity index (χ2n) is 3.71. The van der Waals surface area contributed by atoms with Gasteiger partial charge < -0.3 is 9.84 Å². The van der Waals surface area contributed by atoms with Gasteiger partial charge in [0.25, 0.3) is 5.78 Å². The summed E-state index contributed by atoms with van der Waals surface area (Å²) in [6.45, 7) is 1.76. The number of hydrogen-bond donors (Lipinski definition) is 1. The Labute approximate surface area is 106 Å². The number of ketones is 1. The van der Waals surface area contributed by atoms with Crippen LogP contribution in [0.25, 0.3) is 0 Å². The van der Waals surface area contributed by atoms with Crippen molar-refractivity contribution in [1.82, 2.24) is 0 Å². The molecule has 96 valence electrons. The van der Waals surface area contributed by atoms with Crippen LogP contribution in [0, 0.1) is 0 Å². The highest BCUT2D eigenvalue weighted by Gasteiger charge is 2.12. The number of rotatable bonds is 6. The van der Waals surface area contributed by atoms with E-state index in [1.54, 1.807) is 6.92 Å². The molecule has 0 saturated heterocycles. The van der Waals surface area contributed by atoms with Gasteiger partial charge in [-0.2, -0.15) is 0 Å². The van der Waals surface area contributed by atoms with Crippen molar-refractivity contribution >= 4 is 11.8 Å². The van der Waals surface area contributed by atoms with Crippen molar-refractivity contribution in [2.24, 2.45) is 0 Å². The van der Waals surface area contributed by atoms with E-state index in [2.05, 4.69) is 4.74 Å². The average molecular weight is 248 g/mol. The molecule has 0 aromatic heterocycles. The summed E-state index contributed by atoms with van der Waals surface area (Å²) in [6.07, 6.45) is 1.84. The average Bonchev–Trinajstić information content (AvgIpc) is 2.38. The topological polar surface area (TPSA) is 63.6 Å². The van der Waals surface area contributed by atoms with Gasteiger partial charge in [-0.25, -0.2) is 4.79 Å². The molecule has 1 aromatic rings. The number of aryl methyl sites for hydroxylation is 1. The Morgan fingerprint density at radius 3 is 2.56 bits per heavy atom. The van der Waals surface area contributed by atoms with Crippen LogP contribution >= 0.6 is 0 Å². The molecule has 0 amide bonds. The summed E-state index contributed by atoms with van der Waals surface area (Å²) in [5, 5.41) is 9.53. The third-order valence-electron chi connectivity index (χ3n) is 2.29. The number of carbonyl (C=O) groups excluding carboxylic acids is 2. The summed E-state index contributed by atoms with van der Waals surface area (Å²) >= 11 is 0. The molecule has 4 nitrogen and oxygen atoms in total. The first-order chi connectivity index (χ1) is 8.63. The van der Waals surface area contributed by atoms with Crippen LogP contribution in [0.1, 0.15) is 18.9 Å². The largest absolute Gasteiger partial charge is 0.512 e. The predicted octanol–water partition coefficient (Wildman–Crippen LogP) is 2.19. The Morgan fingerprint density at radius 2 is 1.94 bits per heavy atom. The number of ether oxygens (including phenoxy) is 1. The fourth-order valence-electron chi connectivity index (χ4n) is 1.40. The second kappa shape index (κ2) is 7.27. The minimum Gasteiger partial charge on any atom is -0.512 e. The molecule has 0 radical (unpaired) electrons. The monoisotopic (exact) mass is 248 g/mol. The summed E-state index contributed by atoms with van der Waals surface area (Å²) < 4.78 is 4.52. The SMILES string of the molecule is CCOC(=O)C(=O)C=C(O)CCc1ccccc1. The molecule has 0 spiro atoms. The molecule has 1 N–H and O–H groups in total. The van der Waals surface area contributed by atoms with E-state index in [0.717, 1.165) is 11.6 Å². The third-order valence-corrected chi connectivity index (χ3v) is 2.29. The van der Waals surface area contributed by atoms with Gasteiger partial charge in [0, 0.05) is 12.5 Å². The Balaban J connectivity index is 2.47. The number of aliphatic hydroxyl groups is 1. The van der Waals surface area contributed by atoms with Gasteiger partial charge in [0.2, 0.25) is 0 Å². The van der Waals surface area contributed by atoms with E-state index in [1.807, 2.05) is 30.3 Å². The highest BCUT2D eigenvalue weighted by Crippen LogP contribution is 2.07. The van der Waals surface area contributed by atoms with Crippen molar-refractivity contribution in [2.75, 3.05) is 6.61 Å². The van der Waals surface area contributed by atoms with E-state index >= 15 is 0 Å². The molecule has 0 aliphatic heterocycles. The number of aliphatic hydroxyl groups excluding tert-OH is 1. The van der Waals surface area contributed by atoms with Crippen LogP contribution in [0.15, 0.2) is 42.2 Å². The van der Waals surface area contributed by atoms with Crippen molar-refractivity contribution in [1.29, 1.82) is 0 Å². The Morgan fingerprint density at radius 1 is 1.28 bits per heavy atom. The minimum atomic E-state index is -0.941. The summed E-state index contributed by atoms with van der Waals surface area (Å²) in [5.41, 5.74) is 1.06. The fourth-order valence-corrected chi connectivity index (χ4v) is 1.40. The van der Waals surface area contributed by atoms with Crippen LogP contribution in [0.3, 0.4) is 0 Å². The molecule has 1 rings (SSSR count). The lowest BCUT2D eigenvalue weighted by atomic mass is 10.1. The first-order valence-electron chi connectivity index (χ1n) is 5.78. The Bertz CT molecular complexity index is 434. The van der Waals surface area contributed by atoms with Gasteiger partial charge in [-0.1, -0.05) is 30.3 Å². The quantitative estimate of drug-likeness (QED) is 0.363. The Hall–Kier alpha value is -2.10. The number of hydrogen-bond acceptors (Lipinski definition) is 4. The molecule has 0 aliphatic carbocycles. The summed E-state index contributed by atoms with van der Waals surface area (Å²) in [6, 6.07) is 9.57. The lowest BCUT2D eigenvalue weighted by molar-refractivity contribution is -0.151. The molecule has 0 bridgehead atoms. The lowest BCUT2D eigenvalue weighted by Gasteiger charge is -2.01. The van der Waals surface area contributed by atoms with Crippen molar-refractivity contribution < 1.29 is 19.4 Å². The van der Waals surface area contributed by atoms with E-state index in [4.69, 9.17) is 0 Å².